The molecule has 0 aliphatic rings. The van der Waals surface area contributed by atoms with Crippen molar-refractivity contribution in [2.75, 3.05) is 11.6 Å². The van der Waals surface area contributed by atoms with Gasteiger partial charge in [-0.05, 0) is 69.9 Å². The lowest BCUT2D eigenvalue weighted by molar-refractivity contribution is -0.147. The number of benzene rings is 2. The van der Waals surface area contributed by atoms with Crippen LogP contribution in [-0.4, -0.2) is 48.1 Å². The molecule has 2 aromatic rings. The van der Waals surface area contributed by atoms with Crippen molar-refractivity contribution in [1.29, 1.82) is 0 Å². The second-order valence-corrected chi connectivity index (χ2v) is 11.0. The number of hydrazine groups is 1. The number of rotatable bonds is 12. The topological polar surface area (TPSA) is 140 Å². The molecule has 42 heavy (non-hydrogen) atoms. The number of ether oxygens (including phenoxy) is 3. The Hall–Kier alpha value is -4.41. The van der Waals surface area contributed by atoms with Gasteiger partial charge >= 0.3 is 18.0 Å². The van der Waals surface area contributed by atoms with Crippen LogP contribution in [0.2, 0.25) is 0 Å². The maximum absolute atomic E-state index is 13.5. The van der Waals surface area contributed by atoms with Gasteiger partial charge in [0, 0.05) is 6.42 Å². The number of nitrogens with zero attached hydrogens (tertiary/aromatic N) is 1. The maximum atomic E-state index is 13.5. The molecule has 0 saturated carbocycles. The van der Waals surface area contributed by atoms with Crippen LogP contribution in [0, 0.1) is 5.92 Å². The van der Waals surface area contributed by atoms with Gasteiger partial charge in [-0.15, -0.1) is 0 Å². The van der Waals surface area contributed by atoms with Gasteiger partial charge in [0.15, 0.2) is 0 Å². The number of carbonyl (C=O) groups excluding carboxylic acids is 5. The fourth-order valence-electron chi connectivity index (χ4n) is 3.57. The molecule has 228 valence electrons. The normalized spacial score (nSPS) is 11.7. The molecule has 3 amide bonds. The first-order valence-electron chi connectivity index (χ1n) is 13.9. The summed E-state index contributed by atoms with van der Waals surface area (Å²) in [7, 11) is 0. The Kier molecular flexibility index (Phi) is 13.0. The lowest BCUT2D eigenvalue weighted by Crippen LogP contribution is -2.55. The van der Waals surface area contributed by atoms with Crippen molar-refractivity contribution in [2.24, 2.45) is 5.92 Å². The summed E-state index contributed by atoms with van der Waals surface area (Å²) >= 11 is 0. The van der Waals surface area contributed by atoms with E-state index in [-0.39, 0.29) is 36.8 Å². The number of hydrogen-bond acceptors (Lipinski definition) is 8. The molecule has 0 aliphatic carbocycles. The zero-order valence-corrected chi connectivity index (χ0v) is 25.1. The third-order valence-corrected chi connectivity index (χ3v) is 5.66. The molecular weight excluding hydrogens is 542 g/mol. The molecule has 2 N–H and O–H groups in total. The standard InChI is InChI=1S/C31H41N3O8/c1-7-40-29(38)23-14-16-24(17-15-23)34(26(35)18-13-21(2)3)33-28(37)25(32-30(39)42-31(4,5)6)19-27(36)41-20-22-11-9-8-10-12-22/h8-12,14-17,21,25H,7,13,18-20H2,1-6H3,(H,32,39)(H,33,37). The maximum Gasteiger partial charge on any atom is 0.408 e. The van der Waals surface area contributed by atoms with Gasteiger partial charge in [-0.1, -0.05) is 44.2 Å². The number of amides is 3. The van der Waals surface area contributed by atoms with Gasteiger partial charge in [0.1, 0.15) is 18.2 Å². The molecule has 0 heterocycles. The Morgan fingerprint density at radius 1 is 0.905 bits per heavy atom. The smallest absolute Gasteiger partial charge is 0.408 e. The van der Waals surface area contributed by atoms with Crippen molar-refractivity contribution in [2.45, 2.75) is 79.1 Å². The Morgan fingerprint density at radius 2 is 1.55 bits per heavy atom. The third-order valence-electron chi connectivity index (χ3n) is 5.66. The molecule has 0 bridgehead atoms. The predicted molar refractivity (Wildman–Crippen MR) is 156 cm³/mol. The van der Waals surface area contributed by atoms with Gasteiger partial charge in [0.2, 0.25) is 5.91 Å². The largest absolute Gasteiger partial charge is 0.462 e. The van der Waals surface area contributed by atoms with Gasteiger partial charge in [-0.2, -0.15) is 0 Å². The number of alkyl carbamates (subject to hydrolysis) is 1. The van der Waals surface area contributed by atoms with Crippen molar-refractivity contribution < 1.29 is 38.2 Å². The van der Waals surface area contributed by atoms with Crippen molar-refractivity contribution >= 4 is 35.5 Å². The van der Waals surface area contributed by atoms with Gasteiger partial charge in [0.25, 0.3) is 5.91 Å². The Balaban J connectivity index is 2.28. The Labute approximate surface area is 246 Å². The molecule has 2 aromatic carbocycles. The molecular formula is C31H41N3O8. The van der Waals surface area contributed by atoms with Crippen LogP contribution in [0.3, 0.4) is 0 Å². The fourth-order valence-corrected chi connectivity index (χ4v) is 3.57. The molecule has 0 aliphatic heterocycles. The Bertz CT molecular complexity index is 1210. The quantitative estimate of drug-likeness (QED) is 0.208. The summed E-state index contributed by atoms with van der Waals surface area (Å²) in [6, 6.07) is 13.5. The van der Waals surface area contributed by atoms with E-state index in [1.54, 1.807) is 52.0 Å². The molecule has 11 nitrogen and oxygen atoms in total. The van der Waals surface area contributed by atoms with E-state index in [9.17, 15) is 24.0 Å². The molecule has 1 unspecified atom stereocenters. The van der Waals surface area contributed by atoms with Gasteiger partial charge in [-0.25, -0.2) is 14.6 Å². The second kappa shape index (κ2) is 16.1. The van der Waals surface area contributed by atoms with Crippen molar-refractivity contribution in [3.63, 3.8) is 0 Å². The molecule has 0 saturated heterocycles. The number of nitrogens with one attached hydrogen (secondary N) is 2. The SMILES string of the molecule is CCOC(=O)c1ccc(N(NC(=O)C(CC(=O)OCc2ccccc2)NC(=O)OC(C)(C)C)C(=O)CCC(C)C)cc1. The fraction of sp³-hybridized carbons (Fsp3) is 0.452. The molecule has 0 fully saturated rings. The van der Waals surface area contributed by atoms with Crippen LogP contribution in [0.25, 0.3) is 0 Å². The lowest BCUT2D eigenvalue weighted by Gasteiger charge is -2.27. The highest BCUT2D eigenvalue weighted by atomic mass is 16.6. The first-order chi connectivity index (χ1) is 19.8. The molecule has 11 heteroatoms. The number of anilines is 1. The van der Waals surface area contributed by atoms with Crippen molar-refractivity contribution in [3.8, 4) is 0 Å². The highest BCUT2D eigenvalue weighted by Crippen LogP contribution is 2.18. The Morgan fingerprint density at radius 3 is 2.12 bits per heavy atom. The number of carbonyl (C=O) groups is 5. The van der Waals surface area contributed by atoms with E-state index in [0.717, 1.165) is 10.6 Å². The van der Waals surface area contributed by atoms with Gasteiger partial charge in [0.05, 0.1) is 24.3 Å². The summed E-state index contributed by atoms with van der Waals surface area (Å²) < 4.78 is 15.6. The van der Waals surface area contributed by atoms with E-state index < -0.39 is 47.9 Å². The predicted octanol–water partition coefficient (Wildman–Crippen LogP) is 4.69. The second-order valence-electron chi connectivity index (χ2n) is 11.0. The molecule has 1 atom stereocenters. The van der Waals surface area contributed by atoms with Crippen LogP contribution in [0.1, 0.15) is 76.7 Å². The van der Waals surface area contributed by atoms with Crippen LogP contribution in [0.4, 0.5) is 10.5 Å². The number of hydrogen-bond donors (Lipinski definition) is 2. The summed E-state index contributed by atoms with van der Waals surface area (Å²) in [5, 5.41) is 3.45. The van der Waals surface area contributed by atoms with Crippen molar-refractivity contribution in [1.82, 2.24) is 10.7 Å². The zero-order valence-electron chi connectivity index (χ0n) is 25.1. The first kappa shape index (κ1) is 33.8. The molecule has 0 aromatic heterocycles. The van der Waals surface area contributed by atoms with Crippen LogP contribution in [-0.2, 0) is 35.2 Å². The summed E-state index contributed by atoms with van der Waals surface area (Å²) in [5.74, 6) is -2.32. The minimum Gasteiger partial charge on any atom is -0.462 e. The third kappa shape index (κ3) is 12.0. The summed E-state index contributed by atoms with van der Waals surface area (Å²) in [4.78, 5) is 64.1. The van der Waals surface area contributed by atoms with Crippen LogP contribution in [0.15, 0.2) is 54.6 Å². The highest BCUT2D eigenvalue weighted by molar-refractivity contribution is 5.99. The van der Waals surface area contributed by atoms with Gasteiger partial charge in [-0.3, -0.25) is 19.8 Å². The van der Waals surface area contributed by atoms with E-state index >= 15 is 0 Å². The van der Waals surface area contributed by atoms with Crippen LogP contribution < -0.4 is 15.8 Å². The van der Waals surface area contributed by atoms with E-state index in [2.05, 4.69) is 10.7 Å². The monoisotopic (exact) mass is 583 g/mol. The highest BCUT2D eigenvalue weighted by Gasteiger charge is 2.30. The van der Waals surface area contributed by atoms with E-state index in [4.69, 9.17) is 14.2 Å². The first-order valence-corrected chi connectivity index (χ1v) is 13.9. The van der Waals surface area contributed by atoms with E-state index in [0.29, 0.717) is 6.42 Å². The zero-order chi connectivity index (χ0) is 31.3. The molecule has 0 spiro atoms. The number of esters is 2. The van der Waals surface area contributed by atoms with Crippen LogP contribution in [0.5, 0.6) is 0 Å². The lowest BCUT2D eigenvalue weighted by atomic mass is 10.1. The van der Waals surface area contributed by atoms with E-state index in [1.165, 1.54) is 24.3 Å². The summed E-state index contributed by atoms with van der Waals surface area (Å²) in [6.45, 7) is 10.8. The minimum atomic E-state index is -1.43. The van der Waals surface area contributed by atoms with Crippen molar-refractivity contribution in [3.05, 3.63) is 65.7 Å². The van der Waals surface area contributed by atoms with E-state index in [1.807, 2.05) is 19.9 Å². The summed E-state index contributed by atoms with van der Waals surface area (Å²) in [5.41, 5.74) is 2.96. The molecule has 2 rings (SSSR count). The minimum absolute atomic E-state index is 0.0208. The summed E-state index contributed by atoms with van der Waals surface area (Å²) in [6.07, 6.45) is -0.776. The average molecular weight is 584 g/mol. The average Bonchev–Trinajstić information content (AvgIpc) is 2.92. The van der Waals surface area contributed by atoms with Gasteiger partial charge < -0.3 is 19.5 Å². The van der Waals surface area contributed by atoms with Crippen LogP contribution >= 0.6 is 0 Å². The molecule has 0 radical (unpaired) electrons.